The highest BCUT2D eigenvalue weighted by molar-refractivity contribution is 6.29. The molecule has 0 amide bonds. The molecule has 2 atom stereocenters. The van der Waals surface area contributed by atoms with E-state index in [0.29, 0.717) is 35.2 Å². The molecule has 4 heterocycles. The second-order valence-corrected chi connectivity index (χ2v) is 6.81. The lowest BCUT2D eigenvalue weighted by atomic mass is 10.2. The van der Waals surface area contributed by atoms with Crippen molar-refractivity contribution in [3.63, 3.8) is 0 Å². The molecule has 2 aromatic rings. The fourth-order valence-electron chi connectivity index (χ4n) is 3.78. The number of halogens is 2. The van der Waals surface area contributed by atoms with Crippen LogP contribution in [-0.2, 0) is 13.0 Å². The van der Waals surface area contributed by atoms with Crippen LogP contribution in [0.3, 0.4) is 0 Å². The van der Waals surface area contributed by atoms with Crippen molar-refractivity contribution < 1.29 is 4.39 Å². The summed E-state index contributed by atoms with van der Waals surface area (Å²) in [5.74, 6) is 0.197. The van der Waals surface area contributed by atoms with E-state index in [4.69, 9.17) is 11.6 Å². The highest BCUT2D eigenvalue weighted by Crippen LogP contribution is 2.35. The van der Waals surface area contributed by atoms with Gasteiger partial charge in [-0.05, 0) is 24.5 Å². The largest absolute Gasteiger partial charge is 0.348 e. The van der Waals surface area contributed by atoms with Crippen molar-refractivity contribution in [1.29, 1.82) is 0 Å². The SMILES string of the molecule is CCc1ncnc(N2CC3CC2CN3Cc2ccc(Cl)nc2)c1F. The van der Waals surface area contributed by atoms with Crippen molar-refractivity contribution in [2.24, 2.45) is 0 Å². The molecule has 2 aromatic heterocycles. The van der Waals surface area contributed by atoms with E-state index >= 15 is 0 Å². The van der Waals surface area contributed by atoms with Crippen LogP contribution in [0.25, 0.3) is 0 Å². The van der Waals surface area contributed by atoms with Crippen molar-refractivity contribution in [1.82, 2.24) is 19.9 Å². The zero-order valence-electron chi connectivity index (χ0n) is 13.5. The first kappa shape index (κ1) is 15.7. The lowest BCUT2D eigenvalue weighted by Crippen LogP contribution is -2.46. The Balaban J connectivity index is 1.47. The van der Waals surface area contributed by atoms with Crippen LogP contribution in [0.2, 0.25) is 5.15 Å². The fourth-order valence-corrected chi connectivity index (χ4v) is 3.89. The van der Waals surface area contributed by atoms with Crippen molar-refractivity contribution in [3.05, 3.63) is 46.9 Å². The first-order chi connectivity index (χ1) is 11.7. The lowest BCUT2D eigenvalue weighted by molar-refractivity contribution is 0.229. The standard InChI is InChI=1S/C17H19ClFN5/c1-2-14-16(19)17(22-10-21-14)24-9-12-5-13(24)8-23(12)7-11-3-4-15(18)20-6-11/h3-4,6,10,12-13H,2,5,7-9H2,1H3. The molecule has 126 valence electrons. The van der Waals surface area contributed by atoms with Gasteiger partial charge in [0.05, 0.1) is 5.69 Å². The van der Waals surface area contributed by atoms with Crippen molar-refractivity contribution in [3.8, 4) is 0 Å². The minimum Gasteiger partial charge on any atom is -0.348 e. The summed E-state index contributed by atoms with van der Waals surface area (Å²) >= 11 is 5.84. The minimum atomic E-state index is -0.263. The Morgan fingerprint density at radius 1 is 1.21 bits per heavy atom. The van der Waals surface area contributed by atoms with Crippen LogP contribution in [0.5, 0.6) is 0 Å². The van der Waals surface area contributed by atoms with E-state index in [9.17, 15) is 4.39 Å². The normalized spacial score (nSPS) is 23.2. The third-order valence-corrected chi connectivity index (χ3v) is 5.20. The summed E-state index contributed by atoms with van der Waals surface area (Å²) in [4.78, 5) is 16.9. The summed E-state index contributed by atoms with van der Waals surface area (Å²) in [7, 11) is 0. The van der Waals surface area contributed by atoms with E-state index in [0.717, 1.165) is 31.6 Å². The summed E-state index contributed by atoms with van der Waals surface area (Å²) in [5.41, 5.74) is 1.65. The minimum absolute atomic E-state index is 0.263. The molecule has 0 N–H and O–H groups in total. The van der Waals surface area contributed by atoms with Crippen LogP contribution in [-0.4, -0.2) is 45.0 Å². The molecule has 4 rings (SSSR count). The van der Waals surface area contributed by atoms with Crippen LogP contribution >= 0.6 is 11.6 Å². The van der Waals surface area contributed by atoms with Crippen LogP contribution in [0.4, 0.5) is 10.2 Å². The van der Waals surface area contributed by atoms with Gasteiger partial charge in [0.1, 0.15) is 11.5 Å². The van der Waals surface area contributed by atoms with E-state index in [1.807, 2.05) is 25.3 Å². The molecular weight excluding hydrogens is 329 g/mol. The number of hydrogen-bond donors (Lipinski definition) is 0. The molecule has 0 radical (unpaired) electrons. The van der Waals surface area contributed by atoms with Gasteiger partial charge in [0.15, 0.2) is 11.6 Å². The van der Waals surface area contributed by atoms with Gasteiger partial charge in [0, 0.05) is 37.9 Å². The number of likely N-dealkylation sites (tertiary alicyclic amines) is 1. The molecule has 2 aliphatic heterocycles. The quantitative estimate of drug-likeness (QED) is 0.796. The highest BCUT2D eigenvalue weighted by atomic mass is 35.5. The summed E-state index contributed by atoms with van der Waals surface area (Å²) < 4.78 is 14.5. The monoisotopic (exact) mass is 347 g/mol. The second-order valence-electron chi connectivity index (χ2n) is 6.43. The van der Waals surface area contributed by atoms with Crippen LogP contribution in [0, 0.1) is 5.82 Å². The summed E-state index contributed by atoms with van der Waals surface area (Å²) in [5, 5.41) is 0.513. The average Bonchev–Trinajstić information content (AvgIpc) is 3.17. The lowest BCUT2D eigenvalue weighted by Gasteiger charge is -2.35. The Morgan fingerprint density at radius 3 is 2.75 bits per heavy atom. The Hall–Kier alpha value is -1.79. The molecule has 0 aromatic carbocycles. The molecule has 24 heavy (non-hydrogen) atoms. The maximum Gasteiger partial charge on any atom is 0.187 e. The van der Waals surface area contributed by atoms with E-state index in [1.54, 1.807) is 0 Å². The Morgan fingerprint density at radius 2 is 2.08 bits per heavy atom. The highest BCUT2D eigenvalue weighted by Gasteiger charge is 2.44. The number of aromatic nitrogens is 3. The summed E-state index contributed by atoms with van der Waals surface area (Å²) in [6.07, 6.45) is 4.93. The van der Waals surface area contributed by atoms with Gasteiger partial charge in [-0.3, -0.25) is 4.90 Å². The number of anilines is 1. The number of aryl methyl sites for hydroxylation is 1. The zero-order chi connectivity index (χ0) is 16.7. The number of rotatable bonds is 4. The summed E-state index contributed by atoms with van der Waals surface area (Å²) in [6.45, 7) is 4.49. The number of nitrogens with zero attached hydrogens (tertiary/aromatic N) is 5. The Bertz CT molecular complexity index is 738. The van der Waals surface area contributed by atoms with Gasteiger partial charge in [0.2, 0.25) is 0 Å². The molecule has 2 unspecified atom stereocenters. The van der Waals surface area contributed by atoms with Gasteiger partial charge < -0.3 is 4.90 Å². The van der Waals surface area contributed by atoms with Gasteiger partial charge in [-0.25, -0.2) is 19.3 Å². The van der Waals surface area contributed by atoms with Gasteiger partial charge in [-0.1, -0.05) is 24.6 Å². The van der Waals surface area contributed by atoms with Crippen LogP contribution < -0.4 is 4.90 Å². The van der Waals surface area contributed by atoms with Crippen LogP contribution in [0.1, 0.15) is 24.6 Å². The average molecular weight is 348 g/mol. The third kappa shape index (κ3) is 2.74. The number of pyridine rings is 1. The molecule has 2 bridgehead atoms. The maximum atomic E-state index is 14.5. The molecule has 0 aliphatic carbocycles. The van der Waals surface area contributed by atoms with E-state index in [-0.39, 0.29) is 5.82 Å². The van der Waals surface area contributed by atoms with Crippen LogP contribution in [0.15, 0.2) is 24.7 Å². The molecule has 2 aliphatic rings. The third-order valence-electron chi connectivity index (χ3n) is 4.98. The predicted octanol–water partition coefficient (Wildman–Crippen LogP) is 2.69. The summed E-state index contributed by atoms with van der Waals surface area (Å²) in [6, 6.07) is 4.56. The molecule has 2 saturated heterocycles. The van der Waals surface area contributed by atoms with Gasteiger partial charge in [-0.15, -0.1) is 0 Å². The molecule has 7 heteroatoms. The topological polar surface area (TPSA) is 45.2 Å². The van der Waals surface area contributed by atoms with Crippen molar-refractivity contribution in [2.45, 2.75) is 38.4 Å². The molecule has 0 spiro atoms. The van der Waals surface area contributed by atoms with Gasteiger partial charge >= 0.3 is 0 Å². The first-order valence-corrected chi connectivity index (χ1v) is 8.64. The van der Waals surface area contributed by atoms with E-state index in [2.05, 4.69) is 24.8 Å². The Kier molecular flexibility index (Phi) is 4.10. The molecule has 0 saturated carbocycles. The van der Waals surface area contributed by atoms with Crippen molar-refractivity contribution >= 4 is 17.4 Å². The molecule has 2 fully saturated rings. The van der Waals surface area contributed by atoms with E-state index < -0.39 is 0 Å². The Labute approximate surface area is 145 Å². The van der Waals surface area contributed by atoms with Gasteiger partial charge in [0.25, 0.3) is 0 Å². The number of hydrogen-bond acceptors (Lipinski definition) is 5. The van der Waals surface area contributed by atoms with Gasteiger partial charge in [-0.2, -0.15) is 0 Å². The number of piperazine rings is 1. The predicted molar refractivity (Wildman–Crippen MR) is 90.6 cm³/mol. The van der Waals surface area contributed by atoms with E-state index in [1.165, 1.54) is 6.33 Å². The molecular formula is C17H19ClFN5. The van der Waals surface area contributed by atoms with Crippen molar-refractivity contribution in [2.75, 3.05) is 18.0 Å². The molecule has 5 nitrogen and oxygen atoms in total. The maximum absolute atomic E-state index is 14.5. The smallest absolute Gasteiger partial charge is 0.187 e. The number of fused-ring (bicyclic) bond motifs is 2. The fraction of sp³-hybridized carbons (Fsp3) is 0.471. The zero-order valence-corrected chi connectivity index (χ0v) is 14.2. The first-order valence-electron chi connectivity index (χ1n) is 8.26. The second kappa shape index (κ2) is 6.26.